The molecule has 2 aliphatic rings. The van der Waals surface area contributed by atoms with Crippen molar-refractivity contribution < 1.29 is 9.47 Å². The summed E-state index contributed by atoms with van der Waals surface area (Å²) < 4.78 is 11.2. The van der Waals surface area contributed by atoms with E-state index in [1.54, 1.807) is 0 Å². The third-order valence-electron chi connectivity index (χ3n) is 4.05. The first-order valence-electron chi connectivity index (χ1n) is 6.55. The molecule has 2 heterocycles. The van der Waals surface area contributed by atoms with Crippen LogP contribution in [0.25, 0.3) is 0 Å². The first-order chi connectivity index (χ1) is 7.62. The molecule has 0 aliphatic carbocycles. The van der Waals surface area contributed by atoms with Gasteiger partial charge in [0.2, 0.25) is 0 Å². The zero-order valence-corrected chi connectivity index (χ0v) is 10.7. The molecule has 0 aromatic rings. The molecule has 2 rings (SSSR count). The van der Waals surface area contributed by atoms with Crippen LogP contribution in [0.4, 0.5) is 0 Å². The topological polar surface area (TPSA) is 30.5 Å². The van der Waals surface area contributed by atoms with Crippen molar-refractivity contribution in [2.24, 2.45) is 5.41 Å². The minimum absolute atomic E-state index is 0.0848. The highest BCUT2D eigenvalue weighted by molar-refractivity contribution is 4.85. The molecule has 1 unspecified atom stereocenters. The van der Waals surface area contributed by atoms with Crippen LogP contribution in [0.1, 0.15) is 39.5 Å². The summed E-state index contributed by atoms with van der Waals surface area (Å²) >= 11 is 0. The highest BCUT2D eigenvalue weighted by atomic mass is 16.5. The van der Waals surface area contributed by atoms with E-state index in [1.807, 2.05) is 0 Å². The smallest absolute Gasteiger partial charge is 0.0779 e. The van der Waals surface area contributed by atoms with E-state index >= 15 is 0 Å². The van der Waals surface area contributed by atoms with Crippen LogP contribution in [-0.4, -0.2) is 38.5 Å². The van der Waals surface area contributed by atoms with E-state index in [9.17, 15) is 0 Å². The molecule has 94 valence electrons. The van der Waals surface area contributed by atoms with Crippen molar-refractivity contribution in [2.75, 3.05) is 32.9 Å². The van der Waals surface area contributed by atoms with Gasteiger partial charge >= 0.3 is 0 Å². The van der Waals surface area contributed by atoms with Gasteiger partial charge in [0.25, 0.3) is 0 Å². The van der Waals surface area contributed by atoms with Crippen LogP contribution in [0.5, 0.6) is 0 Å². The van der Waals surface area contributed by atoms with Crippen molar-refractivity contribution in [1.29, 1.82) is 0 Å². The maximum Gasteiger partial charge on any atom is 0.0779 e. The number of nitrogens with one attached hydrogen (secondary N) is 1. The van der Waals surface area contributed by atoms with Crippen LogP contribution in [-0.2, 0) is 9.47 Å². The minimum atomic E-state index is 0.0848. The van der Waals surface area contributed by atoms with Gasteiger partial charge in [0, 0.05) is 32.9 Å². The molecule has 1 N–H and O–H groups in total. The summed E-state index contributed by atoms with van der Waals surface area (Å²) in [5.74, 6) is 0. The Bertz CT molecular complexity index is 218. The molecule has 0 bridgehead atoms. The van der Waals surface area contributed by atoms with Gasteiger partial charge in [-0.2, -0.15) is 0 Å². The normalized spacial score (nSPS) is 34.1. The predicted molar refractivity (Wildman–Crippen MR) is 64.6 cm³/mol. The molecule has 0 aromatic carbocycles. The molecular weight excluding hydrogens is 202 g/mol. The van der Waals surface area contributed by atoms with E-state index < -0.39 is 0 Å². The van der Waals surface area contributed by atoms with Gasteiger partial charge < -0.3 is 14.8 Å². The van der Waals surface area contributed by atoms with Crippen LogP contribution < -0.4 is 5.32 Å². The lowest BCUT2D eigenvalue weighted by atomic mass is 9.82. The highest BCUT2D eigenvalue weighted by Gasteiger charge is 2.31. The van der Waals surface area contributed by atoms with Gasteiger partial charge in [0.15, 0.2) is 0 Å². The van der Waals surface area contributed by atoms with Crippen molar-refractivity contribution in [3.05, 3.63) is 0 Å². The Labute approximate surface area is 98.9 Å². The second-order valence-electron chi connectivity index (χ2n) is 5.93. The molecule has 1 atom stereocenters. The number of ether oxygens (including phenoxy) is 2. The third kappa shape index (κ3) is 3.19. The lowest BCUT2D eigenvalue weighted by Crippen LogP contribution is -2.43. The maximum atomic E-state index is 5.78. The summed E-state index contributed by atoms with van der Waals surface area (Å²) in [6.45, 7) is 9.44. The number of rotatable bonds is 4. The molecule has 0 spiro atoms. The van der Waals surface area contributed by atoms with E-state index in [0.29, 0.717) is 5.41 Å². The average molecular weight is 227 g/mol. The van der Waals surface area contributed by atoms with Crippen LogP contribution in [0.3, 0.4) is 0 Å². The molecule has 0 aromatic heterocycles. The number of hydrogen-bond donors (Lipinski definition) is 1. The van der Waals surface area contributed by atoms with Gasteiger partial charge in [0.1, 0.15) is 0 Å². The van der Waals surface area contributed by atoms with Gasteiger partial charge in [0.05, 0.1) is 5.60 Å². The van der Waals surface area contributed by atoms with Gasteiger partial charge in [-0.15, -0.1) is 0 Å². The SMILES string of the molecule is CC1(CNCC2(C)CCCO2)CCOCC1. The summed E-state index contributed by atoms with van der Waals surface area (Å²) in [7, 11) is 0. The average Bonchev–Trinajstić information content (AvgIpc) is 2.66. The molecule has 0 saturated carbocycles. The second kappa shape index (κ2) is 5.03. The van der Waals surface area contributed by atoms with Crippen LogP contribution >= 0.6 is 0 Å². The summed E-state index contributed by atoms with van der Waals surface area (Å²) in [4.78, 5) is 0. The van der Waals surface area contributed by atoms with Crippen molar-refractivity contribution in [2.45, 2.75) is 45.1 Å². The summed E-state index contributed by atoms with van der Waals surface area (Å²) in [5.41, 5.74) is 0.509. The van der Waals surface area contributed by atoms with Gasteiger partial charge in [-0.1, -0.05) is 6.92 Å². The summed E-state index contributed by atoms with van der Waals surface area (Å²) in [5, 5.41) is 3.60. The fourth-order valence-electron chi connectivity index (χ4n) is 2.65. The van der Waals surface area contributed by atoms with E-state index in [4.69, 9.17) is 9.47 Å². The fraction of sp³-hybridized carbons (Fsp3) is 1.00. The third-order valence-corrected chi connectivity index (χ3v) is 4.05. The molecule has 0 amide bonds. The predicted octanol–water partition coefficient (Wildman–Crippen LogP) is 1.96. The molecule has 3 nitrogen and oxygen atoms in total. The van der Waals surface area contributed by atoms with E-state index in [2.05, 4.69) is 19.2 Å². The van der Waals surface area contributed by atoms with Gasteiger partial charge in [-0.3, -0.25) is 0 Å². The van der Waals surface area contributed by atoms with Crippen LogP contribution in [0.2, 0.25) is 0 Å². The lowest BCUT2D eigenvalue weighted by molar-refractivity contribution is 0.00606. The molecule has 2 aliphatic heterocycles. The Kier molecular flexibility index (Phi) is 3.88. The van der Waals surface area contributed by atoms with Crippen molar-refractivity contribution in [3.8, 4) is 0 Å². The standard InChI is InChI=1S/C13H25NO2/c1-12(5-8-15-9-6-12)10-14-11-13(2)4-3-7-16-13/h14H,3-11H2,1-2H3. The molecule has 0 radical (unpaired) electrons. The summed E-state index contributed by atoms with van der Waals surface area (Å²) in [6.07, 6.45) is 4.76. The summed E-state index contributed by atoms with van der Waals surface area (Å²) in [6, 6.07) is 0. The lowest BCUT2D eigenvalue weighted by Gasteiger charge is -2.35. The zero-order chi connectivity index (χ0) is 11.5. The Balaban J connectivity index is 1.70. The van der Waals surface area contributed by atoms with Gasteiger partial charge in [-0.05, 0) is 38.0 Å². The Morgan fingerprint density at radius 1 is 1.00 bits per heavy atom. The molecule has 2 saturated heterocycles. The number of hydrogen-bond acceptors (Lipinski definition) is 3. The van der Waals surface area contributed by atoms with Crippen molar-refractivity contribution >= 4 is 0 Å². The highest BCUT2D eigenvalue weighted by Crippen LogP contribution is 2.29. The fourth-order valence-corrected chi connectivity index (χ4v) is 2.65. The molecule has 2 fully saturated rings. The first-order valence-corrected chi connectivity index (χ1v) is 6.55. The molecule has 3 heteroatoms. The largest absolute Gasteiger partial charge is 0.381 e. The van der Waals surface area contributed by atoms with Crippen molar-refractivity contribution in [1.82, 2.24) is 5.32 Å². The second-order valence-corrected chi connectivity index (χ2v) is 5.93. The van der Waals surface area contributed by atoms with Crippen LogP contribution in [0, 0.1) is 5.41 Å². The maximum absolute atomic E-state index is 5.78. The zero-order valence-electron chi connectivity index (χ0n) is 10.7. The van der Waals surface area contributed by atoms with E-state index in [0.717, 1.165) is 32.9 Å². The van der Waals surface area contributed by atoms with E-state index in [-0.39, 0.29) is 5.60 Å². The Morgan fingerprint density at radius 2 is 1.75 bits per heavy atom. The quantitative estimate of drug-likeness (QED) is 0.796. The Hall–Kier alpha value is -0.120. The van der Waals surface area contributed by atoms with E-state index in [1.165, 1.54) is 25.7 Å². The molecular formula is C13H25NO2. The Morgan fingerprint density at radius 3 is 2.38 bits per heavy atom. The minimum Gasteiger partial charge on any atom is -0.381 e. The van der Waals surface area contributed by atoms with Crippen LogP contribution in [0.15, 0.2) is 0 Å². The monoisotopic (exact) mass is 227 g/mol. The van der Waals surface area contributed by atoms with Gasteiger partial charge in [-0.25, -0.2) is 0 Å². The first kappa shape index (κ1) is 12.3. The molecule has 16 heavy (non-hydrogen) atoms. The van der Waals surface area contributed by atoms with Crippen molar-refractivity contribution in [3.63, 3.8) is 0 Å².